The van der Waals surface area contributed by atoms with Gasteiger partial charge in [0, 0.05) is 11.4 Å². The second-order valence-electron chi connectivity index (χ2n) is 3.24. The smallest absolute Gasteiger partial charge is 0.407 e. The average Bonchev–Trinajstić information content (AvgIpc) is 2.56. The molecular formula is C10H10ClNO2. The molecule has 1 unspecified atom stereocenters. The van der Waals surface area contributed by atoms with Gasteiger partial charge in [0.25, 0.3) is 0 Å². The Bertz CT molecular complexity index is 336. The molecular weight excluding hydrogens is 202 g/mol. The van der Waals surface area contributed by atoms with Gasteiger partial charge in [0.1, 0.15) is 6.10 Å². The number of carbonyl (C=O) groups excluding carboxylic acids is 1. The van der Waals surface area contributed by atoms with Gasteiger partial charge in [0.05, 0.1) is 6.54 Å². The number of hydrogen-bond donors (Lipinski definition) is 1. The van der Waals surface area contributed by atoms with Crippen LogP contribution in [0, 0.1) is 0 Å². The van der Waals surface area contributed by atoms with Crippen LogP contribution in [0.1, 0.15) is 5.56 Å². The Hall–Kier alpha value is -1.22. The Morgan fingerprint density at radius 2 is 2.14 bits per heavy atom. The molecule has 1 saturated heterocycles. The van der Waals surface area contributed by atoms with Crippen molar-refractivity contribution >= 4 is 17.7 Å². The number of ether oxygens (including phenoxy) is 1. The molecule has 1 aromatic carbocycles. The predicted octanol–water partition coefficient (Wildman–Crippen LogP) is 1.99. The second-order valence-corrected chi connectivity index (χ2v) is 3.68. The molecule has 0 bridgehead atoms. The first-order chi connectivity index (χ1) is 6.74. The standard InChI is InChI=1S/C10H10ClNO2/c11-8-3-1-7(2-4-8)5-9-6-12-10(13)14-9/h1-4,9H,5-6H2,(H,12,13). The highest BCUT2D eigenvalue weighted by Crippen LogP contribution is 2.13. The van der Waals surface area contributed by atoms with Gasteiger partial charge in [-0.15, -0.1) is 0 Å². The zero-order chi connectivity index (χ0) is 9.97. The molecule has 0 spiro atoms. The van der Waals surface area contributed by atoms with Crippen LogP contribution >= 0.6 is 11.6 Å². The van der Waals surface area contributed by atoms with Crippen LogP contribution < -0.4 is 5.32 Å². The number of benzene rings is 1. The lowest BCUT2D eigenvalue weighted by Crippen LogP contribution is -2.16. The van der Waals surface area contributed by atoms with Crippen LogP contribution in [0.3, 0.4) is 0 Å². The number of alkyl carbamates (subject to hydrolysis) is 1. The Kier molecular flexibility index (Phi) is 2.59. The van der Waals surface area contributed by atoms with E-state index in [2.05, 4.69) is 5.32 Å². The van der Waals surface area contributed by atoms with Gasteiger partial charge in [-0.3, -0.25) is 0 Å². The Labute approximate surface area is 87.0 Å². The van der Waals surface area contributed by atoms with Crippen LogP contribution in [0.25, 0.3) is 0 Å². The van der Waals surface area contributed by atoms with E-state index >= 15 is 0 Å². The lowest BCUT2D eigenvalue weighted by Gasteiger charge is -2.07. The normalized spacial score (nSPS) is 20.4. The largest absolute Gasteiger partial charge is 0.444 e. The molecule has 1 atom stereocenters. The van der Waals surface area contributed by atoms with E-state index in [0.717, 1.165) is 17.0 Å². The third-order valence-electron chi connectivity index (χ3n) is 2.12. The van der Waals surface area contributed by atoms with E-state index in [1.54, 1.807) is 0 Å². The van der Waals surface area contributed by atoms with E-state index in [-0.39, 0.29) is 12.2 Å². The highest BCUT2D eigenvalue weighted by atomic mass is 35.5. The van der Waals surface area contributed by atoms with Crippen LogP contribution in [0.15, 0.2) is 24.3 Å². The van der Waals surface area contributed by atoms with Crippen LogP contribution in [-0.2, 0) is 11.2 Å². The first-order valence-electron chi connectivity index (χ1n) is 4.43. The van der Waals surface area contributed by atoms with Gasteiger partial charge in [-0.2, -0.15) is 0 Å². The van der Waals surface area contributed by atoms with Crippen LogP contribution in [-0.4, -0.2) is 18.7 Å². The van der Waals surface area contributed by atoms with Gasteiger partial charge in [0.15, 0.2) is 0 Å². The molecule has 2 rings (SSSR count). The van der Waals surface area contributed by atoms with Crippen LogP contribution in [0.4, 0.5) is 4.79 Å². The third-order valence-corrected chi connectivity index (χ3v) is 2.38. The summed E-state index contributed by atoms with van der Waals surface area (Å²) < 4.78 is 5.01. The van der Waals surface area contributed by atoms with Crippen molar-refractivity contribution in [3.8, 4) is 0 Å². The van der Waals surface area contributed by atoms with Crippen molar-refractivity contribution in [1.82, 2.24) is 5.32 Å². The molecule has 4 heteroatoms. The molecule has 1 heterocycles. The maximum atomic E-state index is 10.7. The molecule has 14 heavy (non-hydrogen) atoms. The Balaban J connectivity index is 1.97. The van der Waals surface area contributed by atoms with Crippen molar-refractivity contribution in [2.45, 2.75) is 12.5 Å². The topological polar surface area (TPSA) is 38.3 Å². The van der Waals surface area contributed by atoms with E-state index in [1.165, 1.54) is 0 Å². The number of nitrogens with one attached hydrogen (secondary N) is 1. The first-order valence-corrected chi connectivity index (χ1v) is 4.81. The summed E-state index contributed by atoms with van der Waals surface area (Å²) in [5.74, 6) is 0. The molecule has 0 radical (unpaired) electrons. The molecule has 1 N–H and O–H groups in total. The number of cyclic esters (lactones) is 1. The molecule has 0 saturated carbocycles. The van der Waals surface area contributed by atoms with E-state index in [9.17, 15) is 4.79 Å². The summed E-state index contributed by atoms with van der Waals surface area (Å²) in [6.45, 7) is 0.585. The van der Waals surface area contributed by atoms with Gasteiger partial charge in [-0.25, -0.2) is 4.79 Å². The number of halogens is 1. The minimum Gasteiger partial charge on any atom is -0.444 e. The predicted molar refractivity (Wildman–Crippen MR) is 53.4 cm³/mol. The van der Waals surface area contributed by atoms with E-state index in [1.807, 2.05) is 24.3 Å². The van der Waals surface area contributed by atoms with Gasteiger partial charge in [0.2, 0.25) is 0 Å². The molecule has 1 aliphatic heterocycles. The van der Waals surface area contributed by atoms with Crippen molar-refractivity contribution in [1.29, 1.82) is 0 Å². The summed E-state index contributed by atoms with van der Waals surface area (Å²) in [6.07, 6.45) is 0.350. The highest BCUT2D eigenvalue weighted by Gasteiger charge is 2.22. The molecule has 1 fully saturated rings. The van der Waals surface area contributed by atoms with Crippen molar-refractivity contribution in [2.75, 3.05) is 6.54 Å². The van der Waals surface area contributed by atoms with Gasteiger partial charge in [-0.1, -0.05) is 23.7 Å². The third kappa shape index (κ3) is 2.17. The van der Waals surface area contributed by atoms with Gasteiger partial charge < -0.3 is 10.1 Å². The summed E-state index contributed by atoms with van der Waals surface area (Å²) in [5, 5.41) is 3.33. The second kappa shape index (κ2) is 3.88. The zero-order valence-corrected chi connectivity index (χ0v) is 8.25. The summed E-state index contributed by atoms with van der Waals surface area (Å²) in [4.78, 5) is 10.7. The van der Waals surface area contributed by atoms with E-state index in [4.69, 9.17) is 16.3 Å². The number of hydrogen-bond acceptors (Lipinski definition) is 2. The fourth-order valence-electron chi connectivity index (χ4n) is 1.43. The van der Waals surface area contributed by atoms with Crippen molar-refractivity contribution in [2.24, 2.45) is 0 Å². The lowest BCUT2D eigenvalue weighted by atomic mass is 10.1. The summed E-state index contributed by atoms with van der Waals surface area (Å²) >= 11 is 5.75. The Morgan fingerprint density at radius 3 is 2.71 bits per heavy atom. The quantitative estimate of drug-likeness (QED) is 0.813. The average molecular weight is 212 g/mol. The van der Waals surface area contributed by atoms with Crippen molar-refractivity contribution < 1.29 is 9.53 Å². The van der Waals surface area contributed by atoms with Crippen molar-refractivity contribution in [3.63, 3.8) is 0 Å². The van der Waals surface area contributed by atoms with E-state index < -0.39 is 0 Å². The number of amides is 1. The van der Waals surface area contributed by atoms with Crippen LogP contribution in [0.5, 0.6) is 0 Å². The summed E-state index contributed by atoms with van der Waals surface area (Å²) in [6, 6.07) is 7.55. The highest BCUT2D eigenvalue weighted by molar-refractivity contribution is 6.30. The minimum atomic E-state index is -0.330. The fourth-order valence-corrected chi connectivity index (χ4v) is 1.56. The minimum absolute atomic E-state index is 0.0522. The molecule has 0 aromatic heterocycles. The van der Waals surface area contributed by atoms with Gasteiger partial charge >= 0.3 is 6.09 Å². The number of carbonyl (C=O) groups is 1. The SMILES string of the molecule is O=C1NCC(Cc2ccc(Cl)cc2)O1. The fraction of sp³-hybridized carbons (Fsp3) is 0.300. The van der Waals surface area contributed by atoms with Crippen molar-refractivity contribution in [3.05, 3.63) is 34.9 Å². The lowest BCUT2D eigenvalue weighted by molar-refractivity contribution is 0.140. The first kappa shape index (κ1) is 9.34. The molecule has 0 aliphatic carbocycles. The molecule has 1 aromatic rings. The molecule has 1 amide bonds. The zero-order valence-electron chi connectivity index (χ0n) is 7.50. The van der Waals surface area contributed by atoms with Crippen LogP contribution in [0.2, 0.25) is 5.02 Å². The molecule has 1 aliphatic rings. The maximum Gasteiger partial charge on any atom is 0.407 e. The molecule has 3 nitrogen and oxygen atoms in total. The molecule has 74 valence electrons. The van der Waals surface area contributed by atoms with Gasteiger partial charge in [-0.05, 0) is 17.7 Å². The summed E-state index contributed by atoms with van der Waals surface area (Å²) in [7, 11) is 0. The number of rotatable bonds is 2. The monoisotopic (exact) mass is 211 g/mol. The maximum absolute atomic E-state index is 10.7. The Morgan fingerprint density at radius 1 is 1.43 bits per heavy atom. The van der Waals surface area contributed by atoms with E-state index in [0.29, 0.717) is 6.54 Å². The summed E-state index contributed by atoms with van der Waals surface area (Å²) in [5.41, 5.74) is 1.12.